The molecule has 0 spiro atoms. The first kappa shape index (κ1) is 13.7. The normalized spacial score (nSPS) is 10.8. The van der Waals surface area contributed by atoms with Crippen LogP contribution in [0.1, 0.15) is 5.56 Å². The molecule has 106 valence electrons. The molecule has 0 saturated heterocycles. The number of nitrogen functional groups attached to an aromatic ring is 1. The van der Waals surface area contributed by atoms with Crippen LogP contribution in [-0.2, 0) is 0 Å². The van der Waals surface area contributed by atoms with Crippen molar-refractivity contribution in [3.63, 3.8) is 0 Å². The summed E-state index contributed by atoms with van der Waals surface area (Å²) in [4.78, 5) is 0. The zero-order chi connectivity index (χ0) is 15.0. The smallest absolute Gasteiger partial charge is 0.187 e. The molecule has 0 fully saturated rings. The molecule has 7 heteroatoms. The van der Waals surface area contributed by atoms with Crippen molar-refractivity contribution in [3.8, 4) is 17.1 Å². The molecule has 0 unspecified atom stereocenters. The zero-order valence-electron chi connectivity index (χ0n) is 11.1. The molecular weight excluding hydrogens is 337 g/mol. The van der Waals surface area contributed by atoms with Crippen LogP contribution in [0.5, 0.6) is 0 Å². The number of nitrogens with zero attached hydrogens (tertiary/aromatic N) is 4. The van der Waals surface area contributed by atoms with E-state index in [-0.39, 0.29) is 5.82 Å². The number of aromatic nitrogens is 4. The second-order valence-corrected chi connectivity index (χ2v) is 5.44. The van der Waals surface area contributed by atoms with Crippen molar-refractivity contribution < 1.29 is 4.39 Å². The van der Waals surface area contributed by atoms with Gasteiger partial charge in [-0.25, -0.2) is 4.39 Å². The lowest BCUT2D eigenvalue weighted by molar-refractivity contribution is 0.624. The van der Waals surface area contributed by atoms with Gasteiger partial charge in [0.05, 0.1) is 5.69 Å². The van der Waals surface area contributed by atoms with Gasteiger partial charge in [0.15, 0.2) is 5.82 Å². The predicted molar refractivity (Wildman–Crippen MR) is 81.4 cm³/mol. The van der Waals surface area contributed by atoms with Crippen LogP contribution in [0, 0.1) is 12.7 Å². The quantitative estimate of drug-likeness (QED) is 0.723. The van der Waals surface area contributed by atoms with Crippen LogP contribution in [-0.4, -0.2) is 20.2 Å². The molecule has 0 bridgehead atoms. The third-order valence-electron chi connectivity index (χ3n) is 3.14. The van der Waals surface area contributed by atoms with E-state index in [1.54, 1.807) is 12.1 Å². The maximum absolute atomic E-state index is 13.5. The molecule has 0 amide bonds. The van der Waals surface area contributed by atoms with Crippen LogP contribution in [0.4, 0.5) is 10.1 Å². The summed E-state index contributed by atoms with van der Waals surface area (Å²) in [5.74, 6) is 0.131. The highest BCUT2D eigenvalue weighted by Crippen LogP contribution is 2.27. The van der Waals surface area contributed by atoms with Gasteiger partial charge in [-0.1, -0.05) is 12.1 Å². The first-order chi connectivity index (χ1) is 10.1. The Morgan fingerprint density at radius 3 is 2.76 bits per heavy atom. The summed E-state index contributed by atoms with van der Waals surface area (Å²) in [6.45, 7) is 1.92. The number of aryl methyl sites for hydroxylation is 1. The summed E-state index contributed by atoms with van der Waals surface area (Å²) in [5.41, 5.74) is 8.84. The number of hydrogen-bond donors (Lipinski definition) is 1. The van der Waals surface area contributed by atoms with Crippen LogP contribution in [0.15, 0.2) is 40.9 Å². The van der Waals surface area contributed by atoms with Gasteiger partial charge in [0.25, 0.3) is 0 Å². The SMILES string of the molecule is Cc1ccc(-c2nnnn2-c2cc(F)ccc2Br)cc1N. The van der Waals surface area contributed by atoms with Gasteiger partial charge in [-0.15, -0.1) is 5.10 Å². The minimum atomic E-state index is -0.363. The van der Waals surface area contributed by atoms with Crippen LogP contribution in [0.3, 0.4) is 0 Å². The molecule has 2 aromatic carbocycles. The van der Waals surface area contributed by atoms with Crippen LogP contribution in [0.25, 0.3) is 17.1 Å². The van der Waals surface area contributed by atoms with Gasteiger partial charge in [-0.2, -0.15) is 4.68 Å². The molecule has 21 heavy (non-hydrogen) atoms. The van der Waals surface area contributed by atoms with Crippen molar-refractivity contribution >= 4 is 21.6 Å². The zero-order valence-corrected chi connectivity index (χ0v) is 12.7. The average Bonchev–Trinajstić information content (AvgIpc) is 2.93. The molecule has 5 nitrogen and oxygen atoms in total. The van der Waals surface area contributed by atoms with Gasteiger partial charge in [-0.05, 0) is 57.0 Å². The number of tetrazole rings is 1. The van der Waals surface area contributed by atoms with E-state index in [0.29, 0.717) is 21.7 Å². The number of halogens is 2. The topological polar surface area (TPSA) is 69.6 Å². The first-order valence-electron chi connectivity index (χ1n) is 6.16. The largest absolute Gasteiger partial charge is 0.398 e. The molecule has 1 heterocycles. The van der Waals surface area contributed by atoms with Crippen molar-refractivity contribution in [2.24, 2.45) is 0 Å². The highest BCUT2D eigenvalue weighted by atomic mass is 79.9. The summed E-state index contributed by atoms with van der Waals surface area (Å²) < 4.78 is 15.6. The molecule has 2 N–H and O–H groups in total. The molecule has 0 saturated carbocycles. The van der Waals surface area contributed by atoms with Crippen molar-refractivity contribution in [2.45, 2.75) is 6.92 Å². The third-order valence-corrected chi connectivity index (χ3v) is 3.81. The number of anilines is 1. The Balaban J connectivity index is 2.17. The van der Waals surface area contributed by atoms with Gasteiger partial charge in [0.2, 0.25) is 0 Å². The second-order valence-electron chi connectivity index (χ2n) is 4.58. The van der Waals surface area contributed by atoms with E-state index >= 15 is 0 Å². The first-order valence-corrected chi connectivity index (χ1v) is 6.96. The van der Waals surface area contributed by atoms with Gasteiger partial charge in [0.1, 0.15) is 5.82 Å². The maximum atomic E-state index is 13.5. The lowest BCUT2D eigenvalue weighted by atomic mass is 10.1. The number of benzene rings is 2. The van der Waals surface area contributed by atoms with Crippen LogP contribution < -0.4 is 5.73 Å². The van der Waals surface area contributed by atoms with E-state index < -0.39 is 0 Å². The number of nitrogens with two attached hydrogens (primary N) is 1. The van der Waals surface area contributed by atoms with Gasteiger partial charge < -0.3 is 5.73 Å². The van der Waals surface area contributed by atoms with E-state index in [1.165, 1.54) is 16.8 Å². The fraction of sp³-hybridized carbons (Fsp3) is 0.0714. The monoisotopic (exact) mass is 347 g/mol. The van der Waals surface area contributed by atoms with Gasteiger partial charge in [0, 0.05) is 21.8 Å². The lowest BCUT2D eigenvalue weighted by Gasteiger charge is -2.08. The highest BCUT2D eigenvalue weighted by molar-refractivity contribution is 9.10. The highest BCUT2D eigenvalue weighted by Gasteiger charge is 2.14. The van der Waals surface area contributed by atoms with Crippen LogP contribution in [0.2, 0.25) is 0 Å². The molecule has 0 aliphatic rings. The fourth-order valence-corrected chi connectivity index (χ4v) is 2.37. The molecule has 0 radical (unpaired) electrons. The van der Waals surface area contributed by atoms with Crippen molar-refractivity contribution in [2.75, 3.05) is 5.73 Å². The summed E-state index contributed by atoms with van der Waals surface area (Å²) in [7, 11) is 0. The molecule has 0 aliphatic heterocycles. The van der Waals surface area contributed by atoms with E-state index in [1.807, 2.05) is 19.1 Å². The summed E-state index contributed by atoms with van der Waals surface area (Å²) in [6.07, 6.45) is 0. The summed E-state index contributed by atoms with van der Waals surface area (Å²) in [5, 5.41) is 11.6. The molecule has 3 aromatic rings. The van der Waals surface area contributed by atoms with Crippen molar-refractivity contribution in [1.29, 1.82) is 0 Å². The fourth-order valence-electron chi connectivity index (χ4n) is 1.96. The lowest BCUT2D eigenvalue weighted by Crippen LogP contribution is -2.02. The second kappa shape index (κ2) is 5.25. The van der Waals surface area contributed by atoms with Gasteiger partial charge >= 0.3 is 0 Å². The summed E-state index contributed by atoms with van der Waals surface area (Å²) in [6, 6.07) is 9.90. The number of hydrogen-bond acceptors (Lipinski definition) is 4. The van der Waals surface area contributed by atoms with E-state index in [4.69, 9.17) is 5.73 Å². The minimum Gasteiger partial charge on any atom is -0.398 e. The Bertz CT molecular complexity index is 815. The molecule has 0 aliphatic carbocycles. The summed E-state index contributed by atoms with van der Waals surface area (Å²) >= 11 is 3.38. The van der Waals surface area contributed by atoms with E-state index in [0.717, 1.165) is 11.1 Å². The molecule has 0 atom stereocenters. The van der Waals surface area contributed by atoms with E-state index in [2.05, 4.69) is 31.5 Å². The van der Waals surface area contributed by atoms with E-state index in [9.17, 15) is 4.39 Å². The Morgan fingerprint density at radius 1 is 1.19 bits per heavy atom. The Kier molecular flexibility index (Phi) is 3.42. The minimum absolute atomic E-state index is 0.363. The van der Waals surface area contributed by atoms with Crippen LogP contribution >= 0.6 is 15.9 Å². The molecule has 3 rings (SSSR count). The van der Waals surface area contributed by atoms with Gasteiger partial charge in [-0.3, -0.25) is 0 Å². The maximum Gasteiger partial charge on any atom is 0.187 e. The Labute approximate surface area is 128 Å². The molecule has 1 aromatic heterocycles. The Hall–Kier alpha value is -2.28. The average molecular weight is 348 g/mol. The standard InChI is InChI=1S/C14H11BrFN5/c1-8-2-3-9(6-12(8)17)14-18-19-20-21(14)13-7-10(16)4-5-11(13)15/h2-7H,17H2,1H3. The Morgan fingerprint density at radius 2 is 2.00 bits per heavy atom. The molecular formula is C14H11BrFN5. The third kappa shape index (κ3) is 2.52. The number of rotatable bonds is 2. The van der Waals surface area contributed by atoms with Crippen molar-refractivity contribution in [1.82, 2.24) is 20.2 Å². The predicted octanol–water partition coefficient (Wildman–Crippen LogP) is 3.12. The van der Waals surface area contributed by atoms with Crippen molar-refractivity contribution in [3.05, 3.63) is 52.3 Å².